The molecule has 1 unspecified atom stereocenters. The Morgan fingerprint density at radius 2 is 1.43 bits per heavy atom. The van der Waals surface area contributed by atoms with Crippen LogP contribution in [0.2, 0.25) is 0 Å². The molecule has 1 N–H and O–H groups in total. The topological polar surface area (TPSA) is 37.3 Å². The van der Waals surface area contributed by atoms with Crippen LogP contribution in [0.15, 0.2) is 18.2 Å². The molecule has 120 valence electrons. The zero-order valence-corrected chi connectivity index (χ0v) is 14.1. The zero-order chi connectivity index (χ0) is 16.9. The Morgan fingerprint density at radius 1 is 0.952 bits per heavy atom. The molecular formula is C15H22F3O2P. The lowest BCUT2D eigenvalue weighted by molar-refractivity contribution is -0.0532. The third-order valence-corrected chi connectivity index (χ3v) is 5.07. The normalized spacial score (nSPS) is 16.7. The van der Waals surface area contributed by atoms with Crippen LogP contribution < -0.4 is 5.30 Å². The number of hydrogen-bond donors (Lipinski definition) is 1. The number of rotatable bonds is 1. The van der Waals surface area contributed by atoms with Crippen molar-refractivity contribution in [1.29, 1.82) is 0 Å². The Labute approximate surface area is 123 Å². The van der Waals surface area contributed by atoms with Gasteiger partial charge in [-0.3, -0.25) is 4.57 Å². The summed E-state index contributed by atoms with van der Waals surface area (Å²) in [7, 11) is -5.43. The molecule has 0 heterocycles. The second kappa shape index (κ2) is 5.13. The summed E-state index contributed by atoms with van der Waals surface area (Å²) in [5.41, 5.74) is 0.174. The molecule has 0 radical (unpaired) electrons. The fourth-order valence-corrected chi connectivity index (χ4v) is 3.28. The summed E-state index contributed by atoms with van der Waals surface area (Å²) >= 11 is 0. The zero-order valence-electron chi connectivity index (χ0n) is 13.2. The SMILES string of the molecule is CC(C)(C)c1ccc(P(=O)(O)C(F)(F)F)c(C(C)(C)C)c1. The van der Waals surface area contributed by atoms with Crippen molar-refractivity contribution in [2.24, 2.45) is 0 Å². The molecule has 1 rings (SSSR count). The fourth-order valence-electron chi connectivity index (χ4n) is 2.00. The van der Waals surface area contributed by atoms with Gasteiger partial charge in [0.05, 0.1) is 0 Å². The average Bonchev–Trinajstić information content (AvgIpc) is 2.24. The van der Waals surface area contributed by atoms with E-state index in [-0.39, 0.29) is 11.0 Å². The lowest BCUT2D eigenvalue weighted by atomic mass is 9.81. The molecule has 21 heavy (non-hydrogen) atoms. The summed E-state index contributed by atoms with van der Waals surface area (Å²) in [6.07, 6.45) is 0. The highest BCUT2D eigenvalue weighted by Gasteiger charge is 2.53. The predicted molar refractivity (Wildman–Crippen MR) is 79.4 cm³/mol. The molecule has 0 aliphatic carbocycles. The van der Waals surface area contributed by atoms with E-state index in [1.165, 1.54) is 6.07 Å². The highest BCUT2D eigenvalue weighted by Crippen LogP contribution is 2.57. The maximum Gasteiger partial charge on any atom is 0.470 e. The molecule has 1 aromatic carbocycles. The van der Waals surface area contributed by atoms with Gasteiger partial charge < -0.3 is 4.89 Å². The highest BCUT2D eigenvalue weighted by atomic mass is 31.2. The largest absolute Gasteiger partial charge is 0.470 e. The van der Waals surface area contributed by atoms with Gasteiger partial charge in [-0.05, 0) is 28.0 Å². The minimum atomic E-state index is -5.43. The van der Waals surface area contributed by atoms with Gasteiger partial charge in [0.2, 0.25) is 0 Å². The molecule has 0 amide bonds. The van der Waals surface area contributed by atoms with Crippen LogP contribution >= 0.6 is 7.37 Å². The van der Waals surface area contributed by atoms with Crippen molar-refractivity contribution in [3.8, 4) is 0 Å². The number of alkyl halides is 3. The molecule has 2 nitrogen and oxygen atoms in total. The first-order valence-electron chi connectivity index (χ1n) is 6.63. The number of benzene rings is 1. The maximum absolute atomic E-state index is 12.9. The Balaban J connectivity index is 3.67. The van der Waals surface area contributed by atoms with E-state index >= 15 is 0 Å². The Kier molecular flexibility index (Phi) is 4.46. The molecule has 0 bridgehead atoms. The van der Waals surface area contributed by atoms with Gasteiger partial charge in [-0.25, -0.2) is 0 Å². The molecule has 0 spiro atoms. The molecule has 0 aromatic heterocycles. The van der Waals surface area contributed by atoms with Crippen LogP contribution in [0, 0.1) is 0 Å². The van der Waals surface area contributed by atoms with Crippen LogP contribution in [0.3, 0.4) is 0 Å². The van der Waals surface area contributed by atoms with Gasteiger partial charge in [0.15, 0.2) is 0 Å². The average molecular weight is 322 g/mol. The second-order valence-electron chi connectivity index (χ2n) is 7.28. The van der Waals surface area contributed by atoms with Crippen LogP contribution in [-0.2, 0) is 15.4 Å². The first-order valence-corrected chi connectivity index (χ1v) is 8.29. The van der Waals surface area contributed by atoms with E-state index in [1.807, 2.05) is 20.8 Å². The quantitative estimate of drug-likeness (QED) is 0.761. The van der Waals surface area contributed by atoms with E-state index in [4.69, 9.17) is 0 Å². The smallest absolute Gasteiger partial charge is 0.335 e. The fraction of sp³-hybridized carbons (Fsp3) is 0.600. The molecule has 0 saturated carbocycles. The molecule has 0 fully saturated rings. The minimum Gasteiger partial charge on any atom is -0.335 e. The monoisotopic (exact) mass is 322 g/mol. The second-order valence-corrected chi connectivity index (χ2v) is 9.42. The van der Waals surface area contributed by atoms with Crippen LogP contribution in [-0.4, -0.2) is 10.8 Å². The minimum absolute atomic E-state index is 0.254. The van der Waals surface area contributed by atoms with E-state index in [0.29, 0.717) is 0 Å². The van der Waals surface area contributed by atoms with Crippen LogP contribution in [0.5, 0.6) is 0 Å². The molecule has 0 aliphatic heterocycles. The summed E-state index contributed by atoms with van der Waals surface area (Å²) in [5.74, 6) is -5.16. The summed E-state index contributed by atoms with van der Waals surface area (Å²) < 4.78 is 50.6. The predicted octanol–water partition coefficient (Wildman–Crippen LogP) is 4.70. The summed E-state index contributed by atoms with van der Waals surface area (Å²) in [5, 5.41) is -0.518. The standard InChI is InChI=1S/C15H22F3O2P/c1-13(2,3)10-7-8-12(11(9-10)14(4,5)6)21(19,20)15(16,17)18/h7-9H,1-6H3,(H,19,20). The molecule has 0 saturated heterocycles. The Morgan fingerprint density at radius 3 is 1.76 bits per heavy atom. The van der Waals surface area contributed by atoms with Gasteiger partial charge in [-0.15, -0.1) is 0 Å². The highest BCUT2D eigenvalue weighted by molar-refractivity contribution is 7.67. The third kappa shape index (κ3) is 3.70. The van der Waals surface area contributed by atoms with Crippen LogP contribution in [0.25, 0.3) is 0 Å². The van der Waals surface area contributed by atoms with E-state index < -0.39 is 24.0 Å². The molecule has 6 heteroatoms. The van der Waals surface area contributed by atoms with Gasteiger partial charge in [0.1, 0.15) is 0 Å². The summed E-state index contributed by atoms with van der Waals surface area (Å²) in [4.78, 5) is 9.59. The number of hydrogen-bond acceptors (Lipinski definition) is 1. The lowest BCUT2D eigenvalue weighted by Gasteiger charge is -2.29. The summed E-state index contributed by atoms with van der Waals surface area (Å²) in [6.45, 7) is 11.0. The first kappa shape index (κ1) is 18.2. The third-order valence-electron chi connectivity index (χ3n) is 3.34. The summed E-state index contributed by atoms with van der Waals surface area (Å²) in [6, 6.07) is 4.26. The van der Waals surface area contributed by atoms with Crippen LogP contribution in [0.4, 0.5) is 13.2 Å². The van der Waals surface area contributed by atoms with Crippen molar-refractivity contribution in [2.75, 3.05) is 0 Å². The Hall–Kier alpha value is -0.800. The molecule has 1 atom stereocenters. The van der Waals surface area contributed by atoms with Crippen molar-refractivity contribution in [1.82, 2.24) is 0 Å². The molecule has 1 aromatic rings. The maximum atomic E-state index is 12.9. The first-order chi connectivity index (χ1) is 9.08. The van der Waals surface area contributed by atoms with E-state index in [1.54, 1.807) is 26.8 Å². The molecular weight excluding hydrogens is 300 g/mol. The van der Waals surface area contributed by atoms with Crippen molar-refractivity contribution in [3.05, 3.63) is 29.3 Å². The van der Waals surface area contributed by atoms with Crippen molar-refractivity contribution in [3.63, 3.8) is 0 Å². The van der Waals surface area contributed by atoms with E-state index in [9.17, 15) is 22.6 Å². The number of halogens is 3. The van der Waals surface area contributed by atoms with Crippen molar-refractivity contribution < 1.29 is 22.6 Å². The van der Waals surface area contributed by atoms with Gasteiger partial charge >= 0.3 is 13.3 Å². The van der Waals surface area contributed by atoms with Gasteiger partial charge in [0, 0.05) is 5.30 Å². The molecule has 0 aliphatic rings. The van der Waals surface area contributed by atoms with Gasteiger partial charge in [-0.2, -0.15) is 13.2 Å². The van der Waals surface area contributed by atoms with Crippen molar-refractivity contribution in [2.45, 2.75) is 58.3 Å². The van der Waals surface area contributed by atoms with Gasteiger partial charge in [-0.1, -0.05) is 53.7 Å². The van der Waals surface area contributed by atoms with Gasteiger partial charge in [0.25, 0.3) is 0 Å². The van der Waals surface area contributed by atoms with Crippen molar-refractivity contribution >= 4 is 12.7 Å². The van der Waals surface area contributed by atoms with E-state index in [2.05, 4.69) is 0 Å². The van der Waals surface area contributed by atoms with E-state index in [0.717, 1.165) is 11.6 Å². The Bertz CT molecular complexity index is 578. The van der Waals surface area contributed by atoms with Crippen LogP contribution in [0.1, 0.15) is 52.7 Å². The lowest BCUT2D eigenvalue weighted by Crippen LogP contribution is -2.29.